The summed E-state index contributed by atoms with van der Waals surface area (Å²) in [5.74, 6) is 0.777. The second kappa shape index (κ2) is 18.1. The second-order valence-corrected chi connectivity index (χ2v) is 9.06. The number of alkyl halides is 1. The number of unbranched alkanes of at least 4 members (excludes halogenated alkanes) is 15. The van der Waals surface area contributed by atoms with Crippen molar-refractivity contribution in [3.8, 4) is 0 Å². The number of rotatable bonds is 18. The molecule has 3 heteroatoms. The maximum absolute atomic E-state index is 11.6. The van der Waals surface area contributed by atoms with Gasteiger partial charge in [-0.15, -0.1) is 11.6 Å². The van der Waals surface area contributed by atoms with E-state index in [1.165, 1.54) is 89.9 Å². The Labute approximate surface area is 168 Å². The van der Waals surface area contributed by atoms with Gasteiger partial charge in [-0.1, -0.05) is 89.9 Å². The maximum atomic E-state index is 11.6. The number of hydrogen-bond acceptors (Lipinski definition) is 2. The SMILES string of the molecule is CC(C)(C)OC(=O)CCCCCCCCCCCCCCCCCCCl. The van der Waals surface area contributed by atoms with Crippen LogP contribution in [0.25, 0.3) is 0 Å². The highest BCUT2D eigenvalue weighted by Crippen LogP contribution is 2.15. The molecule has 0 rings (SSSR count). The molecule has 0 fully saturated rings. The second-order valence-electron chi connectivity index (χ2n) is 8.68. The van der Waals surface area contributed by atoms with Crippen molar-refractivity contribution in [1.82, 2.24) is 0 Å². The molecule has 156 valence electrons. The molecule has 0 saturated heterocycles. The van der Waals surface area contributed by atoms with Gasteiger partial charge in [-0.05, 0) is 33.6 Å². The molecule has 0 aromatic rings. The molecular formula is C23H45ClO2. The van der Waals surface area contributed by atoms with Crippen LogP contribution in [0.3, 0.4) is 0 Å². The number of esters is 1. The molecular weight excluding hydrogens is 344 g/mol. The summed E-state index contributed by atoms with van der Waals surface area (Å²) in [5.41, 5.74) is -0.346. The number of hydrogen-bond donors (Lipinski definition) is 0. The molecule has 0 spiro atoms. The lowest BCUT2D eigenvalue weighted by molar-refractivity contribution is -0.154. The number of carbonyl (C=O) groups excluding carboxylic acids is 1. The summed E-state index contributed by atoms with van der Waals surface area (Å²) in [6, 6.07) is 0. The van der Waals surface area contributed by atoms with Gasteiger partial charge in [0.2, 0.25) is 0 Å². The van der Waals surface area contributed by atoms with Gasteiger partial charge in [0.1, 0.15) is 5.60 Å². The Bertz CT molecular complexity index is 310. The molecule has 0 aliphatic rings. The van der Waals surface area contributed by atoms with Gasteiger partial charge in [0.25, 0.3) is 0 Å². The van der Waals surface area contributed by atoms with Crippen LogP contribution in [0.1, 0.15) is 130 Å². The van der Waals surface area contributed by atoms with Gasteiger partial charge in [-0.25, -0.2) is 0 Å². The zero-order valence-corrected chi connectivity index (χ0v) is 18.7. The first-order valence-electron chi connectivity index (χ1n) is 11.2. The third-order valence-electron chi connectivity index (χ3n) is 4.68. The summed E-state index contributed by atoms with van der Waals surface area (Å²) in [6.07, 6.45) is 21.7. The van der Waals surface area contributed by atoms with Crippen LogP contribution in [0.2, 0.25) is 0 Å². The highest BCUT2D eigenvalue weighted by molar-refractivity contribution is 6.17. The topological polar surface area (TPSA) is 26.3 Å². The van der Waals surface area contributed by atoms with Crippen LogP contribution in [0.15, 0.2) is 0 Å². The maximum Gasteiger partial charge on any atom is 0.306 e. The quantitative estimate of drug-likeness (QED) is 0.134. The lowest BCUT2D eigenvalue weighted by Crippen LogP contribution is -2.23. The summed E-state index contributed by atoms with van der Waals surface area (Å²) in [7, 11) is 0. The summed E-state index contributed by atoms with van der Waals surface area (Å²) in [6.45, 7) is 5.78. The van der Waals surface area contributed by atoms with Crippen molar-refractivity contribution >= 4 is 17.6 Å². The minimum atomic E-state index is -0.346. The summed E-state index contributed by atoms with van der Waals surface area (Å²) in [4.78, 5) is 11.6. The van der Waals surface area contributed by atoms with Crippen LogP contribution in [0.4, 0.5) is 0 Å². The van der Waals surface area contributed by atoms with Gasteiger partial charge < -0.3 is 4.74 Å². The van der Waals surface area contributed by atoms with E-state index in [-0.39, 0.29) is 11.6 Å². The van der Waals surface area contributed by atoms with E-state index in [4.69, 9.17) is 16.3 Å². The smallest absolute Gasteiger partial charge is 0.306 e. The van der Waals surface area contributed by atoms with E-state index in [0.717, 1.165) is 18.7 Å². The molecule has 0 atom stereocenters. The summed E-state index contributed by atoms with van der Waals surface area (Å²) in [5, 5.41) is 0. The molecule has 0 aliphatic heterocycles. The Balaban J connectivity index is 3.12. The van der Waals surface area contributed by atoms with Crippen molar-refractivity contribution in [3.05, 3.63) is 0 Å². The molecule has 0 bridgehead atoms. The van der Waals surface area contributed by atoms with Gasteiger partial charge in [-0.3, -0.25) is 4.79 Å². The van der Waals surface area contributed by atoms with Crippen LogP contribution in [-0.2, 0) is 9.53 Å². The van der Waals surface area contributed by atoms with Crippen LogP contribution in [0, 0.1) is 0 Å². The predicted octanol–water partition coefficient (Wildman–Crippen LogP) is 8.20. The zero-order chi connectivity index (χ0) is 19.5. The molecule has 0 aliphatic carbocycles. The minimum absolute atomic E-state index is 0.0484. The van der Waals surface area contributed by atoms with Crippen LogP contribution in [0.5, 0.6) is 0 Å². The van der Waals surface area contributed by atoms with Gasteiger partial charge >= 0.3 is 5.97 Å². The molecule has 0 radical (unpaired) electrons. The number of ether oxygens (including phenoxy) is 1. The summed E-state index contributed by atoms with van der Waals surface area (Å²) < 4.78 is 5.32. The Kier molecular flexibility index (Phi) is 18.0. The van der Waals surface area contributed by atoms with E-state index in [1.807, 2.05) is 20.8 Å². The highest BCUT2D eigenvalue weighted by atomic mass is 35.5. The first-order valence-corrected chi connectivity index (χ1v) is 11.8. The average Bonchev–Trinajstić information content (AvgIpc) is 2.56. The van der Waals surface area contributed by atoms with Crippen LogP contribution < -0.4 is 0 Å². The van der Waals surface area contributed by atoms with Crippen molar-refractivity contribution in [2.45, 2.75) is 136 Å². The molecule has 0 aromatic carbocycles. The van der Waals surface area contributed by atoms with Crippen molar-refractivity contribution < 1.29 is 9.53 Å². The fourth-order valence-electron chi connectivity index (χ4n) is 3.23. The van der Waals surface area contributed by atoms with E-state index in [9.17, 15) is 4.79 Å². The highest BCUT2D eigenvalue weighted by Gasteiger charge is 2.15. The third kappa shape index (κ3) is 21.8. The van der Waals surface area contributed by atoms with E-state index >= 15 is 0 Å². The third-order valence-corrected chi connectivity index (χ3v) is 4.95. The van der Waals surface area contributed by atoms with Crippen molar-refractivity contribution in [1.29, 1.82) is 0 Å². The average molecular weight is 389 g/mol. The van der Waals surface area contributed by atoms with E-state index in [2.05, 4.69) is 0 Å². The predicted molar refractivity (Wildman–Crippen MR) is 115 cm³/mol. The zero-order valence-electron chi connectivity index (χ0n) is 17.9. The first kappa shape index (κ1) is 25.8. The van der Waals surface area contributed by atoms with Crippen molar-refractivity contribution in [2.75, 3.05) is 5.88 Å². The normalized spacial score (nSPS) is 11.7. The van der Waals surface area contributed by atoms with Crippen LogP contribution in [-0.4, -0.2) is 17.5 Å². The van der Waals surface area contributed by atoms with Gasteiger partial charge in [0, 0.05) is 12.3 Å². The van der Waals surface area contributed by atoms with Gasteiger partial charge in [0.05, 0.1) is 0 Å². The number of carbonyl (C=O) groups is 1. The molecule has 0 aromatic heterocycles. The van der Waals surface area contributed by atoms with E-state index in [0.29, 0.717) is 6.42 Å². The molecule has 0 heterocycles. The monoisotopic (exact) mass is 388 g/mol. The Morgan fingerprint density at radius 1 is 0.615 bits per heavy atom. The van der Waals surface area contributed by atoms with Crippen molar-refractivity contribution in [2.24, 2.45) is 0 Å². The summed E-state index contributed by atoms with van der Waals surface area (Å²) >= 11 is 5.68. The largest absolute Gasteiger partial charge is 0.460 e. The standard InChI is InChI=1S/C23H45ClO2/c1-23(2,3)26-22(25)20-18-16-14-12-10-8-6-4-5-7-9-11-13-15-17-19-21-24/h4-21H2,1-3H3. The Morgan fingerprint density at radius 2 is 0.923 bits per heavy atom. The van der Waals surface area contributed by atoms with E-state index < -0.39 is 0 Å². The molecule has 2 nitrogen and oxygen atoms in total. The minimum Gasteiger partial charge on any atom is -0.460 e. The fourth-order valence-corrected chi connectivity index (χ4v) is 3.42. The molecule has 0 N–H and O–H groups in total. The molecule has 0 amide bonds. The van der Waals surface area contributed by atoms with E-state index in [1.54, 1.807) is 0 Å². The Hall–Kier alpha value is -0.240. The van der Waals surface area contributed by atoms with Crippen LogP contribution >= 0.6 is 11.6 Å². The lowest BCUT2D eigenvalue weighted by Gasteiger charge is -2.19. The lowest BCUT2D eigenvalue weighted by atomic mass is 10.0. The first-order chi connectivity index (χ1) is 12.5. The number of halogens is 1. The molecule has 26 heavy (non-hydrogen) atoms. The molecule has 0 saturated carbocycles. The van der Waals surface area contributed by atoms with Gasteiger partial charge in [-0.2, -0.15) is 0 Å². The van der Waals surface area contributed by atoms with Crippen molar-refractivity contribution in [3.63, 3.8) is 0 Å². The van der Waals surface area contributed by atoms with Gasteiger partial charge in [0.15, 0.2) is 0 Å². The molecule has 0 unspecified atom stereocenters. The Morgan fingerprint density at radius 3 is 1.23 bits per heavy atom. The fraction of sp³-hybridized carbons (Fsp3) is 0.957.